The minimum Gasteiger partial charge on any atom is -0.322 e. The molecule has 4 heterocycles. The zero-order valence-electron chi connectivity index (χ0n) is 24.6. The third-order valence-electron chi connectivity index (χ3n) is 7.83. The molecule has 9 nitrogen and oxygen atoms in total. The number of nitrogens with zero attached hydrogens (tertiary/aromatic N) is 7. The number of amides is 1. The van der Waals surface area contributed by atoms with Gasteiger partial charge in [0, 0.05) is 80.1 Å². The van der Waals surface area contributed by atoms with Crippen LogP contribution in [0.2, 0.25) is 0 Å². The molecule has 3 aromatic heterocycles. The molecule has 0 radical (unpaired) electrons. The summed E-state index contributed by atoms with van der Waals surface area (Å²) in [6, 6.07) is 17.8. The van der Waals surface area contributed by atoms with Crippen molar-refractivity contribution in [3.05, 3.63) is 107 Å². The van der Waals surface area contributed by atoms with Crippen LogP contribution >= 0.6 is 11.5 Å². The minimum absolute atomic E-state index is 0.127. The van der Waals surface area contributed by atoms with E-state index >= 15 is 0 Å². The largest absolute Gasteiger partial charge is 0.322 e. The summed E-state index contributed by atoms with van der Waals surface area (Å²) >= 11 is 1.36. The zero-order valence-corrected chi connectivity index (χ0v) is 25.4. The fourth-order valence-electron chi connectivity index (χ4n) is 5.18. The maximum Gasteiger partial charge on any atom is 0.255 e. The summed E-state index contributed by atoms with van der Waals surface area (Å²) in [7, 11) is 2.16. The molecule has 2 aromatic carbocycles. The lowest BCUT2D eigenvalue weighted by Crippen LogP contribution is -2.43. The molecule has 0 unspecified atom stereocenters. The van der Waals surface area contributed by atoms with Crippen LogP contribution in [0.15, 0.2) is 73.2 Å². The fraction of sp³-hybridized carbons (Fsp3) is 0.273. The van der Waals surface area contributed by atoms with Crippen molar-refractivity contribution in [3.8, 4) is 21.7 Å². The van der Waals surface area contributed by atoms with Crippen LogP contribution < -0.4 is 5.32 Å². The molecular weight excluding hydrogens is 556 g/mol. The van der Waals surface area contributed by atoms with Gasteiger partial charge in [-0.15, -0.1) is 5.10 Å². The van der Waals surface area contributed by atoms with E-state index in [-0.39, 0.29) is 5.91 Å². The first-order valence-corrected chi connectivity index (χ1v) is 15.2. The molecule has 0 bridgehead atoms. The Labute approximate surface area is 255 Å². The van der Waals surface area contributed by atoms with Gasteiger partial charge in [0.25, 0.3) is 5.91 Å². The number of benzene rings is 2. The quantitative estimate of drug-likeness (QED) is 0.261. The SMILES string of the molecule is Cc1ccc(NC(=O)c2ccc(CN3CCN(C)CC3)cc2)cc1Cc1nccc(-c2cncc(-c3snnc3C)c2)n1. The normalized spacial score (nSPS) is 14.1. The van der Waals surface area contributed by atoms with Crippen molar-refractivity contribution < 1.29 is 4.79 Å². The van der Waals surface area contributed by atoms with Crippen LogP contribution in [0.4, 0.5) is 5.69 Å². The van der Waals surface area contributed by atoms with Crippen LogP contribution in [0.1, 0.15) is 38.6 Å². The van der Waals surface area contributed by atoms with Gasteiger partial charge in [-0.25, -0.2) is 9.97 Å². The summed E-state index contributed by atoms with van der Waals surface area (Å²) in [5.41, 5.74) is 8.32. The second-order valence-corrected chi connectivity index (χ2v) is 11.8. The number of carbonyl (C=O) groups is 1. The third kappa shape index (κ3) is 6.99. The topological polar surface area (TPSA) is 100 Å². The predicted octanol–water partition coefficient (Wildman–Crippen LogP) is 5.26. The Morgan fingerprint density at radius 1 is 0.953 bits per heavy atom. The van der Waals surface area contributed by atoms with Crippen molar-refractivity contribution in [2.45, 2.75) is 26.8 Å². The highest BCUT2D eigenvalue weighted by molar-refractivity contribution is 7.09. The van der Waals surface area contributed by atoms with E-state index in [0.29, 0.717) is 17.8 Å². The average Bonchev–Trinajstić information content (AvgIpc) is 3.46. The second-order valence-electron chi connectivity index (χ2n) is 11.1. The van der Waals surface area contributed by atoms with Gasteiger partial charge in [0.15, 0.2) is 0 Å². The molecule has 0 spiro atoms. The van der Waals surface area contributed by atoms with Crippen LogP contribution in [0.25, 0.3) is 21.7 Å². The van der Waals surface area contributed by atoms with E-state index in [9.17, 15) is 4.79 Å². The molecule has 10 heteroatoms. The molecule has 1 aliphatic heterocycles. The smallest absolute Gasteiger partial charge is 0.255 e. The third-order valence-corrected chi connectivity index (χ3v) is 8.70. The number of hydrogen-bond donors (Lipinski definition) is 1. The number of rotatable bonds is 8. The lowest BCUT2D eigenvalue weighted by Gasteiger charge is -2.32. The molecule has 1 fully saturated rings. The molecule has 218 valence electrons. The lowest BCUT2D eigenvalue weighted by molar-refractivity contribution is 0.102. The number of aromatic nitrogens is 5. The van der Waals surface area contributed by atoms with Crippen LogP contribution in [0, 0.1) is 13.8 Å². The molecular formula is C33H34N8OS. The summed E-state index contributed by atoms with van der Waals surface area (Å²) in [5.74, 6) is 0.569. The monoisotopic (exact) mass is 590 g/mol. The van der Waals surface area contributed by atoms with Gasteiger partial charge in [-0.2, -0.15) is 0 Å². The van der Waals surface area contributed by atoms with E-state index in [4.69, 9.17) is 4.98 Å². The Hall–Kier alpha value is -4.38. The number of nitrogens with one attached hydrogen (secondary N) is 1. The maximum absolute atomic E-state index is 13.1. The standard InChI is InChI=1S/C33H34N8OS/c1-22-4-9-29(36-33(42)25-7-5-24(6-8-25)21-41-14-12-40(3)13-15-41)17-26(22)18-31-35-11-10-30(37-31)27-16-28(20-34-19-27)32-23(2)38-39-43-32/h4-11,16-17,19-20H,12-15,18,21H2,1-3H3,(H,36,42). The molecule has 0 aliphatic carbocycles. The highest BCUT2D eigenvalue weighted by atomic mass is 32.1. The number of anilines is 1. The number of piperazine rings is 1. The summed E-state index contributed by atoms with van der Waals surface area (Å²) in [5, 5.41) is 7.18. The lowest BCUT2D eigenvalue weighted by atomic mass is 10.0. The first-order chi connectivity index (χ1) is 20.9. The predicted molar refractivity (Wildman–Crippen MR) is 170 cm³/mol. The van der Waals surface area contributed by atoms with E-state index in [1.165, 1.54) is 17.1 Å². The summed E-state index contributed by atoms with van der Waals surface area (Å²) in [4.78, 5) is 32.7. The molecule has 1 amide bonds. The minimum atomic E-state index is -0.127. The van der Waals surface area contributed by atoms with Crippen LogP contribution in [-0.4, -0.2) is 73.5 Å². The molecule has 43 heavy (non-hydrogen) atoms. The van der Waals surface area contributed by atoms with Gasteiger partial charge in [0.1, 0.15) is 5.82 Å². The van der Waals surface area contributed by atoms with Gasteiger partial charge in [0.05, 0.1) is 16.3 Å². The van der Waals surface area contributed by atoms with E-state index in [2.05, 4.69) is 66.8 Å². The Kier molecular flexibility index (Phi) is 8.59. The molecule has 6 rings (SSSR count). The van der Waals surface area contributed by atoms with E-state index in [0.717, 1.165) is 76.9 Å². The van der Waals surface area contributed by atoms with Gasteiger partial charge in [-0.3, -0.25) is 14.7 Å². The Morgan fingerprint density at radius 3 is 2.51 bits per heavy atom. The van der Waals surface area contributed by atoms with Gasteiger partial charge in [0.2, 0.25) is 0 Å². The number of carbonyl (C=O) groups excluding carboxylic acids is 1. The Morgan fingerprint density at radius 2 is 1.74 bits per heavy atom. The van der Waals surface area contributed by atoms with Gasteiger partial charge >= 0.3 is 0 Å². The fourth-order valence-corrected chi connectivity index (χ4v) is 5.82. The maximum atomic E-state index is 13.1. The van der Waals surface area contributed by atoms with Crippen molar-refractivity contribution >= 4 is 23.1 Å². The second kappa shape index (κ2) is 12.9. The molecule has 1 aliphatic rings. The van der Waals surface area contributed by atoms with Crippen LogP contribution in [0.3, 0.4) is 0 Å². The van der Waals surface area contributed by atoms with Gasteiger partial charge < -0.3 is 10.2 Å². The molecule has 5 aromatic rings. The van der Waals surface area contributed by atoms with Gasteiger partial charge in [-0.05, 0) is 85.5 Å². The molecule has 1 N–H and O–H groups in total. The van der Waals surface area contributed by atoms with E-state index in [1.54, 1.807) is 12.4 Å². The Bertz CT molecular complexity index is 1730. The van der Waals surface area contributed by atoms with Crippen molar-refractivity contribution in [1.29, 1.82) is 0 Å². The zero-order chi connectivity index (χ0) is 29.8. The van der Waals surface area contributed by atoms with E-state index < -0.39 is 0 Å². The molecule has 0 atom stereocenters. The summed E-state index contributed by atoms with van der Waals surface area (Å²) < 4.78 is 4.05. The summed E-state index contributed by atoms with van der Waals surface area (Å²) in [6.07, 6.45) is 5.94. The van der Waals surface area contributed by atoms with Crippen LogP contribution in [0.5, 0.6) is 0 Å². The van der Waals surface area contributed by atoms with Crippen molar-refractivity contribution in [2.75, 3.05) is 38.5 Å². The number of hydrogen-bond acceptors (Lipinski definition) is 9. The molecule has 1 saturated heterocycles. The number of aryl methyl sites for hydroxylation is 2. The molecule has 0 saturated carbocycles. The van der Waals surface area contributed by atoms with Crippen LogP contribution in [-0.2, 0) is 13.0 Å². The Balaban J connectivity index is 1.13. The average molecular weight is 591 g/mol. The number of likely N-dealkylation sites (N-methyl/N-ethyl adjacent to an activating group) is 1. The first kappa shape index (κ1) is 28.7. The number of pyridine rings is 1. The van der Waals surface area contributed by atoms with Crippen molar-refractivity contribution in [2.24, 2.45) is 0 Å². The van der Waals surface area contributed by atoms with Crippen molar-refractivity contribution in [3.63, 3.8) is 0 Å². The first-order valence-electron chi connectivity index (χ1n) is 14.4. The van der Waals surface area contributed by atoms with E-state index in [1.807, 2.05) is 49.5 Å². The summed E-state index contributed by atoms with van der Waals surface area (Å²) in [6.45, 7) is 9.23. The van der Waals surface area contributed by atoms with Crippen molar-refractivity contribution in [1.82, 2.24) is 34.3 Å². The van der Waals surface area contributed by atoms with Gasteiger partial charge in [-0.1, -0.05) is 22.7 Å². The highest BCUT2D eigenvalue weighted by Crippen LogP contribution is 2.28. The highest BCUT2D eigenvalue weighted by Gasteiger charge is 2.15.